The van der Waals surface area contributed by atoms with Crippen LogP contribution in [-0.4, -0.2) is 39.2 Å². The quantitative estimate of drug-likeness (QED) is 0.263. The molecule has 0 heterocycles. The number of esters is 1. The van der Waals surface area contributed by atoms with Crippen molar-refractivity contribution < 1.29 is 23.8 Å². The molecule has 7 nitrogen and oxygen atoms in total. The molecule has 0 atom stereocenters. The summed E-state index contributed by atoms with van der Waals surface area (Å²) >= 11 is 0. The molecule has 1 amide bonds. The van der Waals surface area contributed by atoms with E-state index in [9.17, 15) is 14.9 Å². The fourth-order valence-corrected chi connectivity index (χ4v) is 1.79. The van der Waals surface area contributed by atoms with Crippen molar-refractivity contribution in [2.24, 2.45) is 5.41 Å². The molecule has 1 N–H and O–H groups in total. The summed E-state index contributed by atoms with van der Waals surface area (Å²) in [5.74, 6) is -0.290. The molecule has 0 aliphatic carbocycles. The van der Waals surface area contributed by atoms with Gasteiger partial charge in [0.15, 0.2) is 11.5 Å². The van der Waals surface area contributed by atoms with E-state index in [2.05, 4.69) is 5.32 Å². The van der Waals surface area contributed by atoms with Crippen molar-refractivity contribution in [2.75, 3.05) is 27.4 Å². The van der Waals surface area contributed by atoms with Gasteiger partial charge in [-0.15, -0.1) is 0 Å². The molecule has 26 heavy (non-hydrogen) atoms. The van der Waals surface area contributed by atoms with E-state index in [1.54, 1.807) is 39.0 Å². The molecule has 0 radical (unpaired) electrons. The summed E-state index contributed by atoms with van der Waals surface area (Å²) in [4.78, 5) is 24.0. The molecule has 0 aliphatic heterocycles. The number of nitrogens with one attached hydrogen (secondary N) is 1. The van der Waals surface area contributed by atoms with Crippen molar-refractivity contribution in [3.8, 4) is 17.6 Å². The number of hydrogen-bond acceptors (Lipinski definition) is 6. The van der Waals surface area contributed by atoms with Gasteiger partial charge in [-0.3, -0.25) is 9.59 Å². The molecule has 1 rings (SSSR count). The van der Waals surface area contributed by atoms with Gasteiger partial charge >= 0.3 is 5.97 Å². The summed E-state index contributed by atoms with van der Waals surface area (Å²) in [7, 11) is 2.97. The number of ether oxygens (including phenoxy) is 3. The number of carbonyl (C=O) groups excluding carboxylic acids is 2. The highest BCUT2D eigenvalue weighted by atomic mass is 16.6. The van der Waals surface area contributed by atoms with Crippen LogP contribution in [0.1, 0.15) is 26.3 Å². The Bertz CT molecular complexity index is 726. The maximum atomic E-state index is 12.0. The van der Waals surface area contributed by atoms with E-state index in [-0.39, 0.29) is 11.3 Å². The van der Waals surface area contributed by atoms with Crippen molar-refractivity contribution >= 4 is 18.0 Å². The number of hydrogen-bond donors (Lipinski definition) is 1. The van der Waals surface area contributed by atoms with E-state index >= 15 is 0 Å². The van der Waals surface area contributed by atoms with Crippen LogP contribution in [0.5, 0.6) is 11.5 Å². The first-order valence-corrected chi connectivity index (χ1v) is 8.02. The van der Waals surface area contributed by atoms with Crippen LogP contribution in [0.3, 0.4) is 0 Å². The summed E-state index contributed by atoms with van der Waals surface area (Å²) in [5, 5.41) is 11.8. The number of carbonyl (C=O) groups is 2. The molecule has 7 heteroatoms. The SMILES string of the molecule is COCCNC(=O)/C(C#N)=C/c1ccc(OC(=O)C(C)(C)C)c(OC)c1. The van der Waals surface area contributed by atoms with Gasteiger partial charge in [-0.25, -0.2) is 0 Å². The highest BCUT2D eigenvalue weighted by molar-refractivity contribution is 6.01. The monoisotopic (exact) mass is 360 g/mol. The largest absolute Gasteiger partial charge is 0.493 e. The summed E-state index contributed by atoms with van der Waals surface area (Å²) < 4.78 is 15.5. The number of rotatable bonds is 7. The highest BCUT2D eigenvalue weighted by Crippen LogP contribution is 2.31. The Labute approximate surface area is 153 Å². The zero-order valence-corrected chi connectivity index (χ0v) is 15.7. The third-order valence-electron chi connectivity index (χ3n) is 3.27. The van der Waals surface area contributed by atoms with Crippen LogP contribution < -0.4 is 14.8 Å². The second-order valence-electron chi connectivity index (χ2n) is 6.47. The Hall–Kier alpha value is -2.85. The zero-order chi connectivity index (χ0) is 19.7. The zero-order valence-electron chi connectivity index (χ0n) is 15.7. The molecule has 140 valence electrons. The van der Waals surface area contributed by atoms with Crippen LogP contribution in [-0.2, 0) is 14.3 Å². The third kappa shape index (κ3) is 6.22. The molecule has 0 bridgehead atoms. The molecule has 0 saturated carbocycles. The van der Waals surface area contributed by atoms with Gasteiger partial charge in [-0.05, 0) is 44.5 Å². The molecule has 0 fully saturated rings. The van der Waals surface area contributed by atoms with E-state index in [1.165, 1.54) is 20.3 Å². The first-order chi connectivity index (χ1) is 12.2. The van der Waals surface area contributed by atoms with Gasteiger partial charge in [-0.1, -0.05) is 6.07 Å². The normalized spacial score (nSPS) is 11.5. The fraction of sp³-hybridized carbons (Fsp3) is 0.421. The lowest BCUT2D eigenvalue weighted by atomic mass is 9.97. The maximum absolute atomic E-state index is 12.0. The third-order valence-corrected chi connectivity index (χ3v) is 3.27. The second-order valence-corrected chi connectivity index (χ2v) is 6.47. The van der Waals surface area contributed by atoms with Gasteiger partial charge in [0.25, 0.3) is 5.91 Å². The van der Waals surface area contributed by atoms with Crippen LogP contribution in [0, 0.1) is 16.7 Å². The van der Waals surface area contributed by atoms with Gasteiger partial charge < -0.3 is 19.5 Å². The van der Waals surface area contributed by atoms with Gasteiger partial charge in [-0.2, -0.15) is 5.26 Å². The van der Waals surface area contributed by atoms with Crippen molar-refractivity contribution in [1.29, 1.82) is 5.26 Å². The van der Waals surface area contributed by atoms with E-state index in [4.69, 9.17) is 14.2 Å². The average Bonchev–Trinajstić information content (AvgIpc) is 2.59. The summed E-state index contributed by atoms with van der Waals surface area (Å²) in [6.45, 7) is 5.91. The predicted octanol–water partition coefficient (Wildman–Crippen LogP) is 2.32. The van der Waals surface area contributed by atoms with Gasteiger partial charge in [0.1, 0.15) is 11.6 Å². The lowest BCUT2D eigenvalue weighted by Gasteiger charge is -2.17. The molecule has 1 aromatic carbocycles. The van der Waals surface area contributed by atoms with E-state index in [0.717, 1.165) is 0 Å². The fourth-order valence-electron chi connectivity index (χ4n) is 1.79. The molecular weight excluding hydrogens is 336 g/mol. The number of nitrogens with zero attached hydrogens (tertiary/aromatic N) is 1. The van der Waals surface area contributed by atoms with E-state index < -0.39 is 17.3 Å². The van der Waals surface area contributed by atoms with Crippen molar-refractivity contribution in [2.45, 2.75) is 20.8 Å². The lowest BCUT2D eigenvalue weighted by Crippen LogP contribution is -2.27. The Morgan fingerprint density at radius 1 is 1.23 bits per heavy atom. The Morgan fingerprint density at radius 2 is 1.92 bits per heavy atom. The van der Waals surface area contributed by atoms with Crippen LogP contribution >= 0.6 is 0 Å². The van der Waals surface area contributed by atoms with Crippen LogP contribution in [0.2, 0.25) is 0 Å². The first kappa shape index (κ1) is 21.2. The number of nitriles is 1. The molecule has 0 saturated heterocycles. The Kier molecular flexibility index (Phi) is 7.81. The highest BCUT2D eigenvalue weighted by Gasteiger charge is 2.25. The Balaban J connectivity index is 3.02. The second kappa shape index (κ2) is 9.59. The molecular formula is C19H24N2O5. The maximum Gasteiger partial charge on any atom is 0.316 e. The van der Waals surface area contributed by atoms with Crippen molar-refractivity contribution in [3.05, 3.63) is 29.3 Å². The van der Waals surface area contributed by atoms with Crippen molar-refractivity contribution in [1.82, 2.24) is 5.32 Å². The predicted molar refractivity (Wildman–Crippen MR) is 96.6 cm³/mol. The van der Waals surface area contributed by atoms with Crippen molar-refractivity contribution in [3.63, 3.8) is 0 Å². The average molecular weight is 360 g/mol. The molecule has 0 aliphatic rings. The van der Waals surface area contributed by atoms with Gasteiger partial charge in [0, 0.05) is 13.7 Å². The summed E-state index contributed by atoms with van der Waals surface area (Å²) in [5.41, 5.74) is -0.142. The Morgan fingerprint density at radius 3 is 2.46 bits per heavy atom. The van der Waals surface area contributed by atoms with Gasteiger partial charge in [0.05, 0.1) is 19.1 Å². The minimum atomic E-state index is -0.655. The number of methoxy groups -OCH3 is 2. The van der Waals surface area contributed by atoms with Crippen LogP contribution in [0.4, 0.5) is 0 Å². The van der Waals surface area contributed by atoms with Gasteiger partial charge in [0.2, 0.25) is 0 Å². The van der Waals surface area contributed by atoms with E-state index in [1.807, 2.05) is 6.07 Å². The standard InChI is InChI=1S/C19H24N2O5/c1-19(2,3)18(23)26-15-7-6-13(11-16(15)25-5)10-14(12-20)17(22)21-8-9-24-4/h6-7,10-11H,8-9H2,1-5H3,(H,21,22)/b14-10+. The van der Waals surface area contributed by atoms with Crippen LogP contribution in [0.15, 0.2) is 23.8 Å². The first-order valence-electron chi connectivity index (χ1n) is 8.02. The number of amides is 1. The smallest absolute Gasteiger partial charge is 0.316 e. The van der Waals surface area contributed by atoms with Crippen LogP contribution in [0.25, 0.3) is 6.08 Å². The molecule has 0 spiro atoms. The van der Waals surface area contributed by atoms with E-state index in [0.29, 0.717) is 24.5 Å². The summed E-state index contributed by atoms with van der Waals surface area (Å²) in [6, 6.07) is 6.65. The molecule has 0 unspecified atom stereocenters. The lowest BCUT2D eigenvalue weighted by molar-refractivity contribution is -0.143. The number of benzene rings is 1. The topological polar surface area (TPSA) is 97.6 Å². The summed E-state index contributed by atoms with van der Waals surface area (Å²) in [6.07, 6.45) is 1.43. The molecule has 1 aromatic rings. The minimum absolute atomic E-state index is 0.0532. The minimum Gasteiger partial charge on any atom is -0.493 e. The molecule has 0 aromatic heterocycles.